The fourth-order valence-electron chi connectivity index (χ4n) is 1.92. The molecule has 0 amide bonds. The largest absolute Gasteiger partial charge is 0.398 e. The van der Waals surface area contributed by atoms with Crippen molar-refractivity contribution >= 4 is 36.9 Å². The lowest BCUT2D eigenvalue weighted by molar-refractivity contribution is 0.357. The maximum Gasteiger partial charge on any atom is 0.252 e. The van der Waals surface area contributed by atoms with Crippen molar-refractivity contribution < 1.29 is 16.8 Å². The van der Waals surface area contributed by atoms with Gasteiger partial charge in [-0.2, -0.15) is 4.31 Å². The summed E-state index contributed by atoms with van der Waals surface area (Å²) in [4.78, 5) is 0. The van der Waals surface area contributed by atoms with Gasteiger partial charge in [-0.15, -0.1) is 11.3 Å². The molecule has 18 heavy (non-hydrogen) atoms. The number of hydrogen-bond acceptors (Lipinski definition) is 6. The molecule has 1 unspecified atom stereocenters. The Morgan fingerprint density at radius 3 is 2.67 bits per heavy atom. The topological polar surface area (TPSA) is 97.5 Å². The molecule has 1 aromatic heterocycles. The van der Waals surface area contributed by atoms with Crippen molar-refractivity contribution in [3.63, 3.8) is 0 Å². The molecule has 9 heteroatoms. The molecular weight excluding hydrogens is 296 g/mol. The summed E-state index contributed by atoms with van der Waals surface area (Å²) in [6.45, 7) is 1.61. The van der Waals surface area contributed by atoms with E-state index in [1.54, 1.807) is 12.3 Å². The molecule has 1 aliphatic heterocycles. The summed E-state index contributed by atoms with van der Waals surface area (Å²) in [6, 6.07) is 0.854. The van der Waals surface area contributed by atoms with E-state index in [0.29, 0.717) is 5.69 Å². The Morgan fingerprint density at radius 1 is 1.50 bits per heavy atom. The van der Waals surface area contributed by atoms with E-state index in [9.17, 15) is 16.8 Å². The standard InChI is InChI=1S/C9H14N2O4S3/c1-7-6-17(12,13)3-2-11(7)18(14,15)9-4-8(10)5-16-9/h4-5,7H,2-3,6,10H2,1H3. The van der Waals surface area contributed by atoms with Gasteiger partial charge in [0.1, 0.15) is 4.21 Å². The first-order chi connectivity index (χ1) is 8.22. The van der Waals surface area contributed by atoms with Crippen LogP contribution in [0.4, 0.5) is 5.69 Å². The number of sulfonamides is 1. The summed E-state index contributed by atoms with van der Waals surface area (Å²) >= 11 is 1.05. The van der Waals surface area contributed by atoms with E-state index in [0.717, 1.165) is 11.3 Å². The van der Waals surface area contributed by atoms with E-state index in [4.69, 9.17) is 5.73 Å². The highest BCUT2D eigenvalue weighted by Crippen LogP contribution is 2.28. The van der Waals surface area contributed by atoms with Crippen LogP contribution in [0.2, 0.25) is 0 Å². The second kappa shape index (κ2) is 4.48. The first kappa shape index (κ1) is 13.8. The second-order valence-corrected chi connectivity index (χ2v) is 9.54. The Labute approximate surface area is 110 Å². The lowest BCUT2D eigenvalue weighted by Gasteiger charge is -2.31. The van der Waals surface area contributed by atoms with Crippen LogP contribution in [0.25, 0.3) is 0 Å². The molecule has 0 spiro atoms. The van der Waals surface area contributed by atoms with E-state index in [1.807, 2.05) is 0 Å². The molecule has 0 aliphatic carbocycles. The van der Waals surface area contributed by atoms with Crippen LogP contribution < -0.4 is 5.73 Å². The number of anilines is 1. The Balaban J connectivity index is 2.32. The Morgan fingerprint density at radius 2 is 2.17 bits per heavy atom. The minimum Gasteiger partial charge on any atom is -0.398 e. The molecule has 1 atom stereocenters. The van der Waals surface area contributed by atoms with Gasteiger partial charge in [-0.05, 0) is 13.0 Å². The number of nitrogens with two attached hydrogens (primary N) is 1. The molecule has 1 aliphatic rings. The highest BCUT2D eigenvalue weighted by molar-refractivity contribution is 7.92. The SMILES string of the molecule is CC1CS(=O)(=O)CCN1S(=O)(=O)c1cc(N)cs1. The third-order valence-electron chi connectivity index (χ3n) is 2.77. The van der Waals surface area contributed by atoms with Gasteiger partial charge in [-0.25, -0.2) is 16.8 Å². The number of hydrogen-bond donors (Lipinski definition) is 1. The molecule has 1 saturated heterocycles. The van der Waals surface area contributed by atoms with Gasteiger partial charge in [0.05, 0.1) is 11.5 Å². The van der Waals surface area contributed by atoms with E-state index >= 15 is 0 Å². The Kier molecular flexibility index (Phi) is 3.43. The number of thiophene rings is 1. The van der Waals surface area contributed by atoms with Crippen molar-refractivity contribution in [1.82, 2.24) is 4.31 Å². The molecule has 2 rings (SSSR count). The van der Waals surface area contributed by atoms with Gasteiger partial charge in [0.15, 0.2) is 9.84 Å². The van der Waals surface area contributed by atoms with Gasteiger partial charge in [-0.1, -0.05) is 0 Å². The van der Waals surface area contributed by atoms with Crippen molar-refractivity contribution in [3.8, 4) is 0 Å². The first-order valence-corrected chi connectivity index (χ1v) is 9.43. The lowest BCUT2D eigenvalue weighted by Crippen LogP contribution is -2.49. The van der Waals surface area contributed by atoms with Crippen LogP contribution in [-0.4, -0.2) is 45.2 Å². The number of nitrogen functional groups attached to an aromatic ring is 1. The molecule has 102 valence electrons. The average molecular weight is 310 g/mol. The summed E-state index contributed by atoms with van der Waals surface area (Å²) in [5, 5.41) is 1.55. The van der Waals surface area contributed by atoms with Gasteiger partial charge < -0.3 is 5.73 Å². The molecular formula is C9H14N2O4S3. The molecule has 1 aromatic rings. The van der Waals surface area contributed by atoms with Gasteiger partial charge in [0, 0.05) is 23.7 Å². The highest BCUT2D eigenvalue weighted by atomic mass is 32.2. The number of sulfone groups is 1. The van der Waals surface area contributed by atoms with Crippen molar-refractivity contribution in [2.24, 2.45) is 0 Å². The predicted octanol–water partition coefficient (Wildman–Crippen LogP) is 0.138. The second-order valence-electron chi connectivity index (χ2n) is 4.28. The highest BCUT2D eigenvalue weighted by Gasteiger charge is 2.37. The minimum atomic E-state index is -3.63. The van der Waals surface area contributed by atoms with Crippen LogP contribution in [0.5, 0.6) is 0 Å². The van der Waals surface area contributed by atoms with Crippen LogP contribution in [0, 0.1) is 0 Å². The first-order valence-electron chi connectivity index (χ1n) is 5.29. The summed E-state index contributed by atoms with van der Waals surface area (Å²) in [7, 11) is -6.76. The fourth-order valence-corrected chi connectivity index (χ4v) is 6.53. The van der Waals surface area contributed by atoms with Crippen LogP contribution in [0.1, 0.15) is 6.92 Å². The van der Waals surface area contributed by atoms with Crippen LogP contribution in [-0.2, 0) is 19.9 Å². The quantitative estimate of drug-likeness (QED) is 0.838. The average Bonchev–Trinajstić information content (AvgIpc) is 2.63. The zero-order chi connectivity index (χ0) is 13.6. The van der Waals surface area contributed by atoms with E-state index in [1.165, 1.54) is 10.4 Å². The normalized spacial score (nSPS) is 25.1. The van der Waals surface area contributed by atoms with Crippen molar-refractivity contribution in [2.45, 2.75) is 17.2 Å². The van der Waals surface area contributed by atoms with Crippen LogP contribution >= 0.6 is 11.3 Å². The monoisotopic (exact) mass is 310 g/mol. The summed E-state index contributed by atoms with van der Waals surface area (Å²) < 4.78 is 48.9. The van der Waals surface area contributed by atoms with E-state index in [2.05, 4.69) is 0 Å². The molecule has 0 aromatic carbocycles. The summed E-state index contributed by atoms with van der Waals surface area (Å²) in [6.07, 6.45) is 0. The summed E-state index contributed by atoms with van der Waals surface area (Å²) in [5.41, 5.74) is 5.91. The van der Waals surface area contributed by atoms with E-state index < -0.39 is 25.9 Å². The third-order valence-corrected chi connectivity index (χ3v) is 8.01. The van der Waals surface area contributed by atoms with Crippen molar-refractivity contribution in [2.75, 3.05) is 23.8 Å². The van der Waals surface area contributed by atoms with E-state index in [-0.39, 0.29) is 22.3 Å². The summed E-state index contributed by atoms with van der Waals surface area (Å²) in [5.74, 6) is -0.259. The smallest absolute Gasteiger partial charge is 0.252 e. The number of rotatable bonds is 2. The van der Waals surface area contributed by atoms with Gasteiger partial charge >= 0.3 is 0 Å². The van der Waals surface area contributed by atoms with Gasteiger partial charge in [0.2, 0.25) is 0 Å². The Bertz CT molecular complexity index is 647. The lowest BCUT2D eigenvalue weighted by atomic mass is 10.4. The van der Waals surface area contributed by atoms with Crippen LogP contribution in [0.15, 0.2) is 15.7 Å². The number of nitrogens with zero attached hydrogens (tertiary/aromatic N) is 1. The molecule has 0 radical (unpaired) electrons. The maximum atomic E-state index is 12.3. The minimum absolute atomic E-state index is 0.00361. The van der Waals surface area contributed by atoms with Crippen molar-refractivity contribution in [3.05, 3.63) is 11.4 Å². The molecule has 1 fully saturated rings. The van der Waals surface area contributed by atoms with Crippen molar-refractivity contribution in [1.29, 1.82) is 0 Å². The zero-order valence-corrected chi connectivity index (χ0v) is 12.2. The molecule has 2 N–H and O–H groups in total. The predicted molar refractivity (Wildman–Crippen MR) is 70.7 cm³/mol. The molecule has 2 heterocycles. The van der Waals surface area contributed by atoms with Gasteiger partial charge in [0.25, 0.3) is 10.0 Å². The third kappa shape index (κ3) is 2.53. The van der Waals surface area contributed by atoms with Crippen LogP contribution in [0.3, 0.4) is 0 Å². The maximum absolute atomic E-state index is 12.3. The van der Waals surface area contributed by atoms with Gasteiger partial charge in [-0.3, -0.25) is 0 Å². The fraction of sp³-hybridized carbons (Fsp3) is 0.556. The Hall–Kier alpha value is -0.640. The molecule has 6 nitrogen and oxygen atoms in total. The molecule has 0 bridgehead atoms. The zero-order valence-electron chi connectivity index (χ0n) is 9.74. The molecule has 0 saturated carbocycles.